The summed E-state index contributed by atoms with van der Waals surface area (Å²) >= 11 is 0. The number of furan rings is 1. The number of halogens is 1. The third-order valence-corrected chi connectivity index (χ3v) is 9.35. The summed E-state index contributed by atoms with van der Waals surface area (Å²) in [5.74, 6) is -0.368. The standard InChI is InChI=1S/C31H28NO.C12H9FN.Ir/c1-30(2)15-16-31(3,4)26-19-32-27(18-25(26)30)24-12-8-11-23-22-14-13-21(17-28(22)33-29(23)24)20-9-6-5-7-10-20;1-9-2-7-12(14-8-9)10-3-5-11(13)6-4-10;/h5-11,13-14,17-19H,15-16H2,1-4H3;2-3,5-8H,1H3;/q2*-1;/i;1D3;. The molecule has 1 radical (unpaired) electrons. The number of aromatic nitrogens is 2. The predicted molar refractivity (Wildman–Crippen MR) is 190 cm³/mol. The van der Waals surface area contributed by atoms with Crippen LogP contribution in [0.1, 0.15) is 61.3 Å². The SMILES string of the molecule is CC1(C)CCC(C)(C)c2cc(-c3[c-]ccc4c3oc3cc(-c5ccccc5)ccc34)ncc21.[2H]C([2H])([2H])c1ccc(-c2[c-]cc(F)cc2)nc1.[Ir]. The van der Waals surface area contributed by atoms with Gasteiger partial charge in [0.15, 0.2) is 0 Å². The minimum Gasteiger partial charge on any atom is -0.501 e. The third-order valence-electron chi connectivity index (χ3n) is 9.35. The zero-order chi connectivity index (χ0) is 35.3. The summed E-state index contributed by atoms with van der Waals surface area (Å²) in [5, 5.41) is 2.23. The molecule has 243 valence electrons. The first kappa shape index (κ1) is 29.7. The van der Waals surface area contributed by atoms with Crippen LogP contribution in [0.3, 0.4) is 0 Å². The van der Waals surface area contributed by atoms with E-state index in [1.165, 1.54) is 53.9 Å². The van der Waals surface area contributed by atoms with Gasteiger partial charge in [0.25, 0.3) is 0 Å². The molecule has 0 aliphatic heterocycles. The molecule has 0 fully saturated rings. The Morgan fingerprint density at radius 1 is 0.750 bits per heavy atom. The molecule has 1 aliphatic carbocycles. The quantitative estimate of drug-likeness (QED) is 0.167. The molecule has 0 unspecified atom stereocenters. The van der Waals surface area contributed by atoms with Crippen molar-refractivity contribution in [3.8, 4) is 33.6 Å². The van der Waals surface area contributed by atoms with Crippen molar-refractivity contribution in [1.82, 2.24) is 9.97 Å². The van der Waals surface area contributed by atoms with Crippen LogP contribution in [0.15, 0.2) is 114 Å². The minimum absolute atomic E-state index is 0. The molecule has 4 aromatic carbocycles. The van der Waals surface area contributed by atoms with Crippen molar-refractivity contribution in [2.75, 3.05) is 0 Å². The van der Waals surface area contributed by atoms with Gasteiger partial charge in [-0.25, -0.2) is 0 Å². The second kappa shape index (κ2) is 13.2. The molecule has 3 heterocycles. The molecule has 0 bridgehead atoms. The van der Waals surface area contributed by atoms with E-state index in [0.29, 0.717) is 11.3 Å². The molecule has 3 nitrogen and oxygen atoms in total. The van der Waals surface area contributed by atoms with Crippen LogP contribution in [-0.4, -0.2) is 9.97 Å². The Balaban J connectivity index is 0.000000211. The number of rotatable bonds is 3. The van der Waals surface area contributed by atoms with Crippen LogP contribution in [0, 0.1) is 24.8 Å². The van der Waals surface area contributed by atoms with Crippen LogP contribution < -0.4 is 0 Å². The van der Waals surface area contributed by atoms with E-state index in [1.54, 1.807) is 12.1 Å². The van der Waals surface area contributed by atoms with E-state index in [1.807, 2.05) is 12.1 Å². The van der Waals surface area contributed by atoms with E-state index >= 15 is 0 Å². The smallest absolute Gasteiger partial charge is 0.121 e. The fourth-order valence-electron chi connectivity index (χ4n) is 6.45. The zero-order valence-corrected chi connectivity index (χ0v) is 29.7. The summed E-state index contributed by atoms with van der Waals surface area (Å²) in [6.45, 7) is 7.21. The number of hydrogen-bond donors (Lipinski definition) is 0. The maximum Gasteiger partial charge on any atom is 0.121 e. The van der Waals surface area contributed by atoms with Crippen molar-refractivity contribution in [1.29, 1.82) is 0 Å². The molecule has 0 saturated heterocycles. The van der Waals surface area contributed by atoms with Crippen molar-refractivity contribution >= 4 is 21.9 Å². The average molecular weight is 812 g/mol. The van der Waals surface area contributed by atoms with E-state index in [4.69, 9.17) is 13.5 Å². The van der Waals surface area contributed by atoms with E-state index < -0.39 is 6.85 Å². The van der Waals surface area contributed by atoms with Crippen molar-refractivity contribution < 1.29 is 33.0 Å². The first-order valence-electron chi connectivity index (χ1n) is 17.4. The normalized spacial score (nSPS) is 15.6. The molecule has 0 saturated carbocycles. The van der Waals surface area contributed by atoms with Crippen molar-refractivity contribution in [2.24, 2.45) is 0 Å². The van der Waals surface area contributed by atoms with E-state index in [-0.39, 0.29) is 42.3 Å². The van der Waals surface area contributed by atoms with Gasteiger partial charge in [-0.2, -0.15) is 0 Å². The minimum atomic E-state index is -2.15. The largest absolute Gasteiger partial charge is 0.501 e. The summed E-state index contributed by atoms with van der Waals surface area (Å²) < 4.78 is 40.8. The number of nitrogens with zero attached hydrogens (tertiary/aromatic N) is 2. The van der Waals surface area contributed by atoms with Crippen LogP contribution in [0.4, 0.5) is 4.39 Å². The van der Waals surface area contributed by atoms with Gasteiger partial charge in [0.2, 0.25) is 0 Å². The van der Waals surface area contributed by atoms with E-state index in [2.05, 4.69) is 106 Å². The summed E-state index contributed by atoms with van der Waals surface area (Å²) in [6.07, 6.45) is 5.76. The van der Waals surface area contributed by atoms with Crippen LogP contribution in [0.25, 0.3) is 55.6 Å². The van der Waals surface area contributed by atoms with Crippen LogP contribution >= 0.6 is 0 Å². The molecule has 48 heavy (non-hydrogen) atoms. The molecule has 8 rings (SSSR count). The molecular weight excluding hydrogens is 772 g/mol. The third kappa shape index (κ3) is 6.50. The number of aryl methyl sites for hydroxylation is 1. The van der Waals surface area contributed by atoms with E-state index in [0.717, 1.165) is 38.8 Å². The molecule has 0 spiro atoms. The monoisotopic (exact) mass is 812 g/mol. The van der Waals surface area contributed by atoms with E-state index in [9.17, 15) is 4.39 Å². The zero-order valence-electron chi connectivity index (χ0n) is 30.3. The first-order chi connectivity index (χ1) is 23.8. The fraction of sp³-hybridized carbons (Fsp3) is 0.209. The van der Waals surface area contributed by atoms with Gasteiger partial charge in [-0.15, -0.1) is 48.0 Å². The van der Waals surface area contributed by atoms with Crippen LogP contribution in [0.2, 0.25) is 0 Å². The van der Waals surface area contributed by atoms with Crippen LogP contribution in [0.5, 0.6) is 0 Å². The number of pyridine rings is 2. The predicted octanol–water partition coefficient (Wildman–Crippen LogP) is 11.5. The van der Waals surface area contributed by atoms with Crippen molar-refractivity contribution in [3.05, 3.63) is 144 Å². The van der Waals surface area contributed by atoms with Crippen molar-refractivity contribution in [3.63, 3.8) is 0 Å². The van der Waals surface area contributed by atoms with Gasteiger partial charge in [0, 0.05) is 47.8 Å². The molecule has 1 aliphatic rings. The Morgan fingerprint density at radius 3 is 2.23 bits per heavy atom. The Kier molecular flexibility index (Phi) is 8.18. The maximum atomic E-state index is 12.7. The number of hydrogen-bond acceptors (Lipinski definition) is 3. The second-order valence-corrected chi connectivity index (χ2v) is 13.5. The number of fused-ring (bicyclic) bond motifs is 4. The molecule has 3 aromatic heterocycles. The second-order valence-electron chi connectivity index (χ2n) is 13.5. The van der Waals surface area contributed by atoms with Gasteiger partial charge < -0.3 is 14.4 Å². The molecule has 0 amide bonds. The van der Waals surface area contributed by atoms with Gasteiger partial charge in [0.05, 0.1) is 5.58 Å². The topological polar surface area (TPSA) is 38.9 Å². The molecule has 0 atom stereocenters. The summed E-state index contributed by atoms with van der Waals surface area (Å²) in [7, 11) is 0. The Bertz CT molecular complexity index is 2310. The molecule has 0 N–H and O–H groups in total. The molecule has 7 aromatic rings. The Labute approximate surface area is 299 Å². The number of benzene rings is 4. The van der Waals surface area contributed by atoms with Gasteiger partial charge in [-0.05, 0) is 75.8 Å². The summed E-state index contributed by atoms with van der Waals surface area (Å²) in [6, 6.07) is 36.6. The first-order valence-corrected chi connectivity index (χ1v) is 15.9. The maximum absolute atomic E-state index is 12.7. The fourth-order valence-corrected chi connectivity index (χ4v) is 6.45. The molecule has 5 heteroatoms. The van der Waals surface area contributed by atoms with Gasteiger partial charge in [-0.1, -0.05) is 99.3 Å². The summed E-state index contributed by atoms with van der Waals surface area (Å²) in [5.41, 5.74) is 10.4. The molecular formula is C43H37FIrN2O-2. The Hall–Kier alpha value is -4.44. The van der Waals surface area contributed by atoms with Crippen molar-refractivity contribution in [2.45, 2.75) is 58.2 Å². The summed E-state index contributed by atoms with van der Waals surface area (Å²) in [4.78, 5) is 8.95. The van der Waals surface area contributed by atoms with Gasteiger partial charge >= 0.3 is 0 Å². The van der Waals surface area contributed by atoms with Gasteiger partial charge in [0.1, 0.15) is 5.58 Å². The van der Waals surface area contributed by atoms with Gasteiger partial charge in [-0.3, -0.25) is 4.39 Å². The Morgan fingerprint density at radius 2 is 1.52 bits per heavy atom. The average Bonchev–Trinajstić information content (AvgIpc) is 3.49. The van der Waals surface area contributed by atoms with Crippen LogP contribution in [-0.2, 0) is 30.9 Å².